The minimum Gasteiger partial charge on any atom is -0.429 e. The summed E-state index contributed by atoms with van der Waals surface area (Å²) in [5.41, 5.74) is 1.20. The van der Waals surface area contributed by atoms with Crippen LogP contribution in [0, 0.1) is 12.0 Å². The molecule has 2 aliphatic rings. The Hall–Kier alpha value is 0.562. The summed E-state index contributed by atoms with van der Waals surface area (Å²) in [5.74, 6) is 0.835. The Morgan fingerprint density at radius 1 is 1.23 bits per heavy atom. The van der Waals surface area contributed by atoms with E-state index in [1.54, 1.807) is 6.07 Å². The molecular weight excluding hydrogens is 527 g/mol. The first-order chi connectivity index (χ1) is 14.4. The molecule has 2 saturated heterocycles. The molecule has 0 bridgehead atoms. The predicted molar refractivity (Wildman–Crippen MR) is 129 cm³/mol. The van der Waals surface area contributed by atoms with Crippen LogP contribution in [0.4, 0.5) is 5.69 Å². The van der Waals surface area contributed by atoms with Crippen LogP contribution in [0.15, 0.2) is 43.6 Å². The van der Waals surface area contributed by atoms with Crippen LogP contribution in [-0.4, -0.2) is 68.8 Å². The van der Waals surface area contributed by atoms with Gasteiger partial charge in [0.05, 0.1) is 5.54 Å². The molecule has 3 rings (SSSR count). The van der Waals surface area contributed by atoms with Crippen molar-refractivity contribution in [2.24, 2.45) is 5.92 Å². The van der Waals surface area contributed by atoms with E-state index in [1.807, 2.05) is 37.3 Å². The summed E-state index contributed by atoms with van der Waals surface area (Å²) in [6.45, 7) is 16.8. The molecular formula is C25H39ClCsN3O. The van der Waals surface area contributed by atoms with Crippen molar-refractivity contribution < 1.29 is 73.6 Å². The number of ether oxygens (including phenoxy) is 1. The van der Waals surface area contributed by atoms with Crippen molar-refractivity contribution in [1.29, 1.82) is 0 Å². The SMILES string of the molecule is C=CN(CC)C1(C=C)CCN(CC2CCOCC2)CC1.CN(C)c1c[c-]cc(Cl)c1.[Cs+]. The van der Waals surface area contributed by atoms with E-state index in [2.05, 4.69) is 42.0 Å². The second-order valence-corrected chi connectivity index (χ2v) is 8.87. The Bertz CT molecular complexity index is 656. The van der Waals surface area contributed by atoms with Gasteiger partial charge in [0, 0.05) is 39.4 Å². The van der Waals surface area contributed by atoms with E-state index in [-0.39, 0.29) is 74.4 Å². The quantitative estimate of drug-likeness (QED) is 0.372. The molecule has 6 heteroatoms. The van der Waals surface area contributed by atoms with Crippen LogP contribution in [0.5, 0.6) is 0 Å². The zero-order valence-electron chi connectivity index (χ0n) is 20.1. The number of benzene rings is 1. The molecule has 4 nitrogen and oxygen atoms in total. The summed E-state index contributed by atoms with van der Waals surface area (Å²) in [7, 11) is 3.94. The first-order valence-corrected chi connectivity index (χ1v) is 11.5. The number of rotatable bonds is 7. The van der Waals surface area contributed by atoms with Crippen molar-refractivity contribution in [3.05, 3.63) is 54.7 Å². The molecule has 0 aromatic heterocycles. The third-order valence-electron chi connectivity index (χ3n) is 6.35. The van der Waals surface area contributed by atoms with Gasteiger partial charge in [-0.1, -0.05) is 23.4 Å². The van der Waals surface area contributed by atoms with Gasteiger partial charge in [-0.3, -0.25) is 0 Å². The van der Waals surface area contributed by atoms with Gasteiger partial charge < -0.3 is 19.4 Å². The van der Waals surface area contributed by atoms with Gasteiger partial charge in [-0.05, 0) is 58.8 Å². The van der Waals surface area contributed by atoms with Crippen molar-refractivity contribution in [2.75, 3.05) is 58.4 Å². The van der Waals surface area contributed by atoms with Gasteiger partial charge >= 0.3 is 68.9 Å². The van der Waals surface area contributed by atoms with Crippen LogP contribution in [0.3, 0.4) is 0 Å². The number of halogens is 1. The normalized spacial score (nSPS) is 18.7. The molecule has 0 saturated carbocycles. The number of anilines is 1. The summed E-state index contributed by atoms with van der Waals surface area (Å²) in [6, 6.07) is 8.48. The predicted octanol–water partition coefficient (Wildman–Crippen LogP) is 2.11. The van der Waals surface area contributed by atoms with Gasteiger partial charge in [0.15, 0.2) is 0 Å². The number of likely N-dealkylation sites (N-methyl/N-ethyl adjacent to an activating group) is 1. The fourth-order valence-corrected chi connectivity index (χ4v) is 4.52. The van der Waals surface area contributed by atoms with Crippen LogP contribution in [-0.2, 0) is 4.74 Å². The third kappa shape index (κ3) is 9.38. The average Bonchev–Trinajstić information content (AvgIpc) is 2.77. The molecule has 1 aromatic carbocycles. The Balaban J connectivity index is 0.000000370. The summed E-state index contributed by atoms with van der Waals surface area (Å²) < 4.78 is 5.45. The van der Waals surface area contributed by atoms with Crippen molar-refractivity contribution in [2.45, 2.75) is 38.1 Å². The maximum absolute atomic E-state index is 5.73. The molecule has 0 N–H and O–H groups in total. The minimum atomic E-state index is 0. The summed E-state index contributed by atoms with van der Waals surface area (Å²) >= 11 is 5.73. The third-order valence-corrected chi connectivity index (χ3v) is 6.57. The average molecular weight is 566 g/mol. The molecule has 31 heavy (non-hydrogen) atoms. The molecule has 0 atom stereocenters. The topological polar surface area (TPSA) is 19.0 Å². The van der Waals surface area contributed by atoms with Gasteiger partial charge in [-0.25, -0.2) is 0 Å². The van der Waals surface area contributed by atoms with E-state index < -0.39 is 0 Å². The second kappa shape index (κ2) is 15.5. The van der Waals surface area contributed by atoms with Crippen molar-refractivity contribution in [3.63, 3.8) is 0 Å². The fraction of sp³-hybridized carbons (Fsp3) is 0.600. The van der Waals surface area contributed by atoms with Crippen LogP contribution in [0.2, 0.25) is 5.02 Å². The molecule has 0 unspecified atom stereocenters. The number of hydrogen-bond acceptors (Lipinski definition) is 4. The summed E-state index contributed by atoms with van der Waals surface area (Å²) in [4.78, 5) is 6.98. The molecule has 0 spiro atoms. The fourth-order valence-electron chi connectivity index (χ4n) is 4.34. The molecule has 2 aliphatic heterocycles. The zero-order chi connectivity index (χ0) is 22.0. The Kier molecular flexibility index (Phi) is 14.8. The van der Waals surface area contributed by atoms with Crippen molar-refractivity contribution in [1.82, 2.24) is 9.80 Å². The molecule has 2 heterocycles. The maximum Gasteiger partial charge on any atom is 1.00 e. The van der Waals surface area contributed by atoms with E-state index in [4.69, 9.17) is 16.3 Å². The molecule has 0 aliphatic carbocycles. The standard InChI is InChI=1S/C17H30N2O.C8H9ClN.Cs/c1-4-17(19(5-2)6-3)9-11-18(12-10-17)15-16-7-13-20-14-8-16;1-10(2)8-5-3-4-7(9)6-8;/h4-5,16H,1-2,6-15H2,3H3;4-6H,1-2H3;/q;-1;+1. The Morgan fingerprint density at radius 2 is 1.87 bits per heavy atom. The molecule has 0 radical (unpaired) electrons. The van der Waals surface area contributed by atoms with Crippen molar-refractivity contribution >= 4 is 17.3 Å². The van der Waals surface area contributed by atoms with Gasteiger partial charge in [-0.15, -0.1) is 12.6 Å². The second-order valence-electron chi connectivity index (χ2n) is 8.44. The van der Waals surface area contributed by atoms with Gasteiger partial charge in [0.1, 0.15) is 0 Å². The Labute approximate surface area is 254 Å². The van der Waals surface area contributed by atoms with Crippen LogP contribution in [0.1, 0.15) is 32.6 Å². The molecule has 0 amide bonds. The number of hydrogen-bond donors (Lipinski definition) is 0. The van der Waals surface area contributed by atoms with Gasteiger partial charge in [0.25, 0.3) is 0 Å². The van der Waals surface area contributed by atoms with Crippen LogP contribution in [0.25, 0.3) is 0 Å². The van der Waals surface area contributed by atoms with Crippen LogP contribution < -0.4 is 73.8 Å². The maximum atomic E-state index is 5.73. The molecule has 2 fully saturated rings. The largest absolute Gasteiger partial charge is 1.00 e. The van der Waals surface area contributed by atoms with Gasteiger partial charge in [-0.2, -0.15) is 29.8 Å². The first kappa shape index (κ1) is 29.6. The van der Waals surface area contributed by atoms with E-state index in [0.717, 1.165) is 36.4 Å². The number of piperidine rings is 1. The minimum absolute atomic E-state index is 0. The molecule has 168 valence electrons. The summed E-state index contributed by atoms with van der Waals surface area (Å²) in [6.07, 6.45) is 8.92. The van der Waals surface area contributed by atoms with Crippen LogP contribution >= 0.6 is 11.6 Å². The zero-order valence-corrected chi connectivity index (χ0v) is 27.1. The van der Waals surface area contributed by atoms with Gasteiger partial charge in [0.2, 0.25) is 0 Å². The number of likely N-dealkylation sites (tertiary alicyclic amines) is 1. The van der Waals surface area contributed by atoms with E-state index >= 15 is 0 Å². The van der Waals surface area contributed by atoms with E-state index in [0.29, 0.717) is 0 Å². The van der Waals surface area contributed by atoms with Crippen molar-refractivity contribution in [3.8, 4) is 0 Å². The van der Waals surface area contributed by atoms with E-state index in [1.165, 1.54) is 45.3 Å². The summed E-state index contributed by atoms with van der Waals surface area (Å²) in [5, 5.41) is 0.728. The monoisotopic (exact) mass is 565 g/mol. The smallest absolute Gasteiger partial charge is 0.429 e. The van der Waals surface area contributed by atoms with E-state index in [9.17, 15) is 0 Å². The Morgan fingerprint density at radius 3 is 2.32 bits per heavy atom. The first-order valence-electron chi connectivity index (χ1n) is 11.1. The number of nitrogens with zero attached hydrogens (tertiary/aromatic N) is 3. The molecule has 1 aromatic rings.